The molecule has 25 heavy (non-hydrogen) atoms. The number of nitrogens with zero attached hydrogens (tertiary/aromatic N) is 7. The van der Waals surface area contributed by atoms with Crippen molar-refractivity contribution in [2.45, 2.75) is 39.8 Å². The maximum atomic E-state index is 11.1. The van der Waals surface area contributed by atoms with Gasteiger partial charge in [-0.25, -0.2) is 4.68 Å². The third kappa shape index (κ3) is 4.06. The van der Waals surface area contributed by atoms with E-state index in [1.54, 1.807) is 9.48 Å². The first-order chi connectivity index (χ1) is 11.8. The SMILES string of the molecule is CC(=O)Nc1ccc(-c2cn(Cc3nnn(C(C)(C)C)n3)nn2)cc1. The Bertz CT molecular complexity index is 872. The summed E-state index contributed by atoms with van der Waals surface area (Å²) in [5.41, 5.74) is 2.17. The zero-order chi connectivity index (χ0) is 18.0. The molecule has 0 aliphatic heterocycles. The Hall–Kier alpha value is -3.10. The molecule has 1 aromatic carbocycles. The second-order valence-corrected chi connectivity index (χ2v) is 6.73. The fourth-order valence-corrected chi connectivity index (χ4v) is 2.17. The van der Waals surface area contributed by atoms with E-state index in [1.165, 1.54) is 6.92 Å². The standard InChI is InChI=1S/C16H20N8O/c1-11(25)17-13-7-5-12(6-8-13)14-9-23(21-18-14)10-15-19-22-24(20-15)16(2,3)4/h5-9H,10H2,1-4H3,(H,17,25). The Kier molecular flexibility index (Phi) is 4.30. The molecule has 9 nitrogen and oxygen atoms in total. The van der Waals surface area contributed by atoms with Crippen LogP contribution in [0.25, 0.3) is 11.3 Å². The lowest BCUT2D eigenvalue weighted by Crippen LogP contribution is -2.24. The molecule has 3 aromatic rings. The first kappa shape index (κ1) is 16.7. The summed E-state index contributed by atoms with van der Waals surface area (Å²) in [4.78, 5) is 12.6. The highest BCUT2D eigenvalue weighted by molar-refractivity contribution is 5.88. The largest absolute Gasteiger partial charge is 0.326 e. The van der Waals surface area contributed by atoms with Crippen molar-refractivity contribution in [1.29, 1.82) is 0 Å². The van der Waals surface area contributed by atoms with E-state index >= 15 is 0 Å². The first-order valence-electron chi connectivity index (χ1n) is 7.89. The number of anilines is 1. The monoisotopic (exact) mass is 340 g/mol. The van der Waals surface area contributed by atoms with E-state index in [0.29, 0.717) is 12.4 Å². The predicted molar refractivity (Wildman–Crippen MR) is 91.7 cm³/mol. The van der Waals surface area contributed by atoms with E-state index in [4.69, 9.17) is 0 Å². The molecular weight excluding hydrogens is 320 g/mol. The third-order valence-corrected chi connectivity index (χ3v) is 3.40. The molecule has 0 saturated carbocycles. The normalized spacial score (nSPS) is 11.5. The summed E-state index contributed by atoms with van der Waals surface area (Å²) in [5, 5.41) is 23.5. The van der Waals surface area contributed by atoms with Crippen LogP contribution < -0.4 is 5.32 Å². The fourth-order valence-electron chi connectivity index (χ4n) is 2.17. The van der Waals surface area contributed by atoms with Gasteiger partial charge in [0.25, 0.3) is 0 Å². The number of nitrogens with one attached hydrogen (secondary N) is 1. The van der Waals surface area contributed by atoms with Crippen molar-refractivity contribution in [1.82, 2.24) is 35.2 Å². The maximum Gasteiger partial charge on any atom is 0.221 e. The van der Waals surface area contributed by atoms with Gasteiger partial charge in [-0.2, -0.15) is 4.80 Å². The molecule has 0 aliphatic rings. The summed E-state index contributed by atoms with van der Waals surface area (Å²) in [6.45, 7) is 7.90. The van der Waals surface area contributed by atoms with Gasteiger partial charge in [-0.3, -0.25) is 4.79 Å². The lowest BCUT2D eigenvalue weighted by atomic mass is 10.1. The van der Waals surface area contributed by atoms with Crippen molar-refractivity contribution in [2.75, 3.05) is 5.32 Å². The minimum Gasteiger partial charge on any atom is -0.326 e. The van der Waals surface area contributed by atoms with E-state index < -0.39 is 0 Å². The zero-order valence-electron chi connectivity index (χ0n) is 14.6. The van der Waals surface area contributed by atoms with Crippen LogP contribution in [-0.2, 0) is 16.9 Å². The van der Waals surface area contributed by atoms with Crippen molar-refractivity contribution in [3.05, 3.63) is 36.3 Å². The quantitative estimate of drug-likeness (QED) is 0.775. The predicted octanol–water partition coefficient (Wildman–Crippen LogP) is 1.69. The molecule has 2 heterocycles. The smallest absolute Gasteiger partial charge is 0.221 e. The van der Waals surface area contributed by atoms with Crippen molar-refractivity contribution in [2.24, 2.45) is 0 Å². The summed E-state index contributed by atoms with van der Waals surface area (Å²) in [6, 6.07) is 7.42. The molecule has 1 N–H and O–H groups in total. The Labute approximate surface area is 145 Å². The fraction of sp³-hybridized carbons (Fsp3) is 0.375. The molecule has 2 aromatic heterocycles. The van der Waals surface area contributed by atoms with Crippen LogP contribution in [0.4, 0.5) is 5.69 Å². The highest BCUT2D eigenvalue weighted by atomic mass is 16.1. The minimum atomic E-state index is -0.214. The van der Waals surface area contributed by atoms with Crippen molar-refractivity contribution in [3.8, 4) is 11.3 Å². The van der Waals surface area contributed by atoms with Crippen LogP contribution >= 0.6 is 0 Å². The van der Waals surface area contributed by atoms with Gasteiger partial charge in [-0.1, -0.05) is 17.3 Å². The Morgan fingerprint density at radius 3 is 2.44 bits per heavy atom. The number of aromatic nitrogens is 7. The Morgan fingerprint density at radius 2 is 1.84 bits per heavy atom. The van der Waals surface area contributed by atoms with Gasteiger partial charge in [0, 0.05) is 18.2 Å². The number of amides is 1. The first-order valence-corrected chi connectivity index (χ1v) is 7.89. The van der Waals surface area contributed by atoms with Crippen LogP contribution in [0.5, 0.6) is 0 Å². The van der Waals surface area contributed by atoms with E-state index in [2.05, 4.69) is 31.0 Å². The maximum absolute atomic E-state index is 11.1. The molecule has 0 atom stereocenters. The molecular formula is C16H20N8O. The molecule has 0 aliphatic carbocycles. The summed E-state index contributed by atoms with van der Waals surface area (Å²) >= 11 is 0. The topological polar surface area (TPSA) is 103 Å². The lowest BCUT2D eigenvalue weighted by Gasteiger charge is -2.15. The van der Waals surface area contributed by atoms with Gasteiger partial charge < -0.3 is 5.32 Å². The van der Waals surface area contributed by atoms with Crippen LogP contribution in [0.15, 0.2) is 30.5 Å². The number of rotatable bonds is 4. The number of tetrazole rings is 1. The minimum absolute atomic E-state index is 0.102. The van der Waals surface area contributed by atoms with E-state index in [9.17, 15) is 4.79 Å². The lowest BCUT2D eigenvalue weighted by molar-refractivity contribution is -0.114. The molecule has 0 fully saturated rings. The van der Waals surface area contributed by atoms with Gasteiger partial charge in [0.15, 0.2) is 5.82 Å². The number of benzene rings is 1. The molecule has 0 bridgehead atoms. The van der Waals surface area contributed by atoms with Gasteiger partial charge >= 0.3 is 0 Å². The van der Waals surface area contributed by atoms with Gasteiger partial charge in [0.2, 0.25) is 5.91 Å². The van der Waals surface area contributed by atoms with Crippen LogP contribution in [0, 0.1) is 0 Å². The molecule has 0 saturated heterocycles. The van der Waals surface area contributed by atoms with Gasteiger partial charge in [0.05, 0.1) is 11.7 Å². The summed E-state index contributed by atoms with van der Waals surface area (Å²) in [6.07, 6.45) is 1.82. The van der Waals surface area contributed by atoms with E-state index in [0.717, 1.165) is 16.9 Å². The number of carbonyl (C=O) groups excluding carboxylic acids is 1. The zero-order valence-corrected chi connectivity index (χ0v) is 14.6. The molecule has 1 amide bonds. The summed E-state index contributed by atoms with van der Waals surface area (Å²) in [7, 11) is 0. The van der Waals surface area contributed by atoms with Crippen LogP contribution in [-0.4, -0.2) is 41.1 Å². The summed E-state index contributed by atoms with van der Waals surface area (Å²) in [5.74, 6) is 0.474. The Morgan fingerprint density at radius 1 is 1.12 bits per heavy atom. The molecule has 3 rings (SSSR count). The van der Waals surface area contributed by atoms with Gasteiger partial charge in [-0.05, 0) is 38.1 Å². The van der Waals surface area contributed by atoms with Gasteiger partial charge in [-0.15, -0.1) is 15.3 Å². The second kappa shape index (κ2) is 6.42. The van der Waals surface area contributed by atoms with E-state index in [-0.39, 0.29) is 11.4 Å². The van der Waals surface area contributed by atoms with Gasteiger partial charge in [0.1, 0.15) is 12.2 Å². The molecule has 0 unspecified atom stereocenters. The summed E-state index contributed by atoms with van der Waals surface area (Å²) < 4.78 is 1.67. The average Bonchev–Trinajstić information content (AvgIpc) is 3.17. The second-order valence-electron chi connectivity index (χ2n) is 6.73. The average molecular weight is 340 g/mol. The van der Waals surface area contributed by atoms with Crippen molar-refractivity contribution >= 4 is 11.6 Å². The van der Waals surface area contributed by atoms with E-state index in [1.807, 2.05) is 51.2 Å². The van der Waals surface area contributed by atoms with Crippen LogP contribution in [0.3, 0.4) is 0 Å². The molecule has 130 valence electrons. The molecule has 0 spiro atoms. The number of hydrogen-bond donors (Lipinski definition) is 1. The third-order valence-electron chi connectivity index (χ3n) is 3.40. The van der Waals surface area contributed by atoms with Crippen molar-refractivity contribution < 1.29 is 4.79 Å². The van der Waals surface area contributed by atoms with Crippen molar-refractivity contribution in [3.63, 3.8) is 0 Å². The number of hydrogen-bond acceptors (Lipinski definition) is 6. The Balaban J connectivity index is 1.72. The highest BCUT2D eigenvalue weighted by Crippen LogP contribution is 2.19. The molecule has 9 heteroatoms. The number of carbonyl (C=O) groups is 1. The molecule has 0 radical (unpaired) electrons. The van der Waals surface area contributed by atoms with Crippen LogP contribution in [0.2, 0.25) is 0 Å². The van der Waals surface area contributed by atoms with Crippen LogP contribution in [0.1, 0.15) is 33.5 Å². The highest BCUT2D eigenvalue weighted by Gasteiger charge is 2.17.